The van der Waals surface area contributed by atoms with E-state index in [9.17, 15) is 0 Å². The maximum Gasteiger partial charge on any atom is 0.200 e. The highest BCUT2D eigenvalue weighted by molar-refractivity contribution is 6.34. The molecule has 0 radical (unpaired) electrons. The van der Waals surface area contributed by atoms with E-state index in [0.717, 1.165) is 0 Å². The molecule has 0 unspecified atom stereocenters. The number of hydrogen-bond acceptors (Lipinski definition) is 3. The summed E-state index contributed by atoms with van der Waals surface area (Å²) in [5.74, 6) is 0. The van der Waals surface area contributed by atoms with Gasteiger partial charge in [-0.3, -0.25) is 0 Å². The first-order chi connectivity index (χ1) is 4.88. The van der Waals surface area contributed by atoms with Crippen LogP contribution in [0.25, 0.3) is 11.2 Å². The van der Waals surface area contributed by atoms with Crippen LogP contribution in [0.15, 0.2) is 23.1 Å². The number of oxazole rings is 1. The van der Waals surface area contributed by atoms with Crippen molar-refractivity contribution in [3.05, 3.63) is 23.7 Å². The Morgan fingerprint density at radius 1 is 1.40 bits per heavy atom. The topological polar surface area (TPSA) is 38.9 Å². The molecule has 2 aromatic rings. The zero-order valence-corrected chi connectivity index (χ0v) is 5.67. The molecule has 2 aromatic heterocycles. The Morgan fingerprint density at radius 2 is 2.30 bits per heavy atom. The van der Waals surface area contributed by atoms with Crippen molar-refractivity contribution in [2.75, 3.05) is 0 Å². The molecule has 0 aliphatic carbocycles. The van der Waals surface area contributed by atoms with Crippen molar-refractivity contribution in [3.63, 3.8) is 0 Å². The average molecular weight is 155 g/mol. The van der Waals surface area contributed by atoms with Gasteiger partial charge in [0.05, 0.1) is 5.02 Å². The molecule has 0 fully saturated rings. The standard InChI is InChI=1S/C6H3ClN2O/c7-4-1-2-8-6-5(4)10-3-9-6/h1-3H. The van der Waals surface area contributed by atoms with Crippen LogP contribution in [0.2, 0.25) is 5.02 Å². The summed E-state index contributed by atoms with van der Waals surface area (Å²) >= 11 is 5.72. The second-order valence-electron chi connectivity index (χ2n) is 1.80. The SMILES string of the molecule is Clc1ccnc2ncoc12. The Kier molecular flexibility index (Phi) is 1.11. The highest BCUT2D eigenvalue weighted by Gasteiger charge is 2.01. The lowest BCUT2D eigenvalue weighted by Gasteiger charge is -1.85. The van der Waals surface area contributed by atoms with Gasteiger partial charge in [-0.05, 0) is 6.07 Å². The fourth-order valence-electron chi connectivity index (χ4n) is 0.744. The van der Waals surface area contributed by atoms with Crippen molar-refractivity contribution in [1.29, 1.82) is 0 Å². The molecular formula is C6H3ClN2O. The molecule has 0 aliphatic heterocycles. The molecule has 0 aromatic carbocycles. The average Bonchev–Trinajstić information content (AvgIpc) is 2.36. The molecule has 0 bridgehead atoms. The van der Waals surface area contributed by atoms with Gasteiger partial charge in [-0.25, -0.2) is 4.98 Å². The summed E-state index contributed by atoms with van der Waals surface area (Å²) in [7, 11) is 0. The normalized spacial score (nSPS) is 10.5. The van der Waals surface area contributed by atoms with E-state index in [1.54, 1.807) is 12.3 Å². The van der Waals surface area contributed by atoms with E-state index < -0.39 is 0 Å². The highest BCUT2D eigenvalue weighted by atomic mass is 35.5. The number of aromatic nitrogens is 2. The Morgan fingerprint density at radius 3 is 3.10 bits per heavy atom. The molecule has 0 spiro atoms. The zero-order chi connectivity index (χ0) is 6.97. The largest absolute Gasteiger partial charge is 0.440 e. The molecule has 0 atom stereocenters. The molecule has 0 N–H and O–H groups in total. The van der Waals surface area contributed by atoms with Gasteiger partial charge in [-0.1, -0.05) is 11.6 Å². The molecule has 0 aliphatic rings. The molecule has 4 heteroatoms. The van der Waals surface area contributed by atoms with Crippen LogP contribution < -0.4 is 0 Å². The van der Waals surface area contributed by atoms with Crippen LogP contribution in [0.1, 0.15) is 0 Å². The number of rotatable bonds is 0. The molecular weight excluding hydrogens is 152 g/mol. The third-order valence-electron chi connectivity index (χ3n) is 1.18. The molecule has 0 saturated heterocycles. The second kappa shape index (κ2) is 1.95. The maximum atomic E-state index is 5.72. The lowest BCUT2D eigenvalue weighted by Crippen LogP contribution is -1.73. The predicted molar refractivity (Wildman–Crippen MR) is 36.8 cm³/mol. The van der Waals surface area contributed by atoms with Crippen molar-refractivity contribution in [3.8, 4) is 0 Å². The predicted octanol–water partition coefficient (Wildman–Crippen LogP) is 1.88. The third kappa shape index (κ3) is 0.675. The summed E-state index contributed by atoms with van der Waals surface area (Å²) in [4.78, 5) is 7.73. The third-order valence-corrected chi connectivity index (χ3v) is 1.48. The highest BCUT2D eigenvalue weighted by Crippen LogP contribution is 2.19. The summed E-state index contributed by atoms with van der Waals surface area (Å²) in [5, 5.41) is 0.544. The lowest BCUT2D eigenvalue weighted by molar-refractivity contribution is 0.602. The van der Waals surface area contributed by atoms with Gasteiger partial charge in [0.15, 0.2) is 17.6 Å². The van der Waals surface area contributed by atoms with Crippen molar-refractivity contribution >= 4 is 22.8 Å². The first-order valence-electron chi connectivity index (χ1n) is 2.71. The summed E-state index contributed by atoms with van der Waals surface area (Å²) < 4.78 is 4.94. The summed E-state index contributed by atoms with van der Waals surface area (Å²) in [6, 6.07) is 1.66. The van der Waals surface area contributed by atoms with E-state index in [-0.39, 0.29) is 0 Å². The van der Waals surface area contributed by atoms with Crippen LogP contribution in [0.3, 0.4) is 0 Å². The van der Waals surface area contributed by atoms with E-state index >= 15 is 0 Å². The lowest BCUT2D eigenvalue weighted by atomic mass is 10.5. The molecule has 2 heterocycles. The Balaban J connectivity index is 2.95. The summed E-state index contributed by atoms with van der Waals surface area (Å²) in [6.07, 6.45) is 2.91. The van der Waals surface area contributed by atoms with Crippen LogP contribution in [-0.4, -0.2) is 9.97 Å². The first-order valence-corrected chi connectivity index (χ1v) is 3.09. The van der Waals surface area contributed by atoms with Crippen molar-refractivity contribution in [1.82, 2.24) is 9.97 Å². The van der Waals surface area contributed by atoms with Gasteiger partial charge < -0.3 is 4.42 Å². The van der Waals surface area contributed by atoms with Gasteiger partial charge in [0, 0.05) is 6.20 Å². The molecule has 2 rings (SSSR count). The van der Waals surface area contributed by atoms with Crippen LogP contribution in [0, 0.1) is 0 Å². The zero-order valence-electron chi connectivity index (χ0n) is 4.91. The van der Waals surface area contributed by atoms with Crippen LogP contribution >= 0.6 is 11.6 Å². The van der Waals surface area contributed by atoms with Gasteiger partial charge in [-0.2, -0.15) is 4.98 Å². The van der Waals surface area contributed by atoms with Crippen LogP contribution in [0.5, 0.6) is 0 Å². The maximum absolute atomic E-state index is 5.72. The van der Waals surface area contributed by atoms with E-state index in [4.69, 9.17) is 16.0 Å². The first kappa shape index (κ1) is 5.68. The van der Waals surface area contributed by atoms with Gasteiger partial charge in [0.2, 0.25) is 0 Å². The second-order valence-corrected chi connectivity index (χ2v) is 2.21. The van der Waals surface area contributed by atoms with E-state index in [1.807, 2.05) is 0 Å². The van der Waals surface area contributed by atoms with Crippen LogP contribution in [0.4, 0.5) is 0 Å². The molecule has 10 heavy (non-hydrogen) atoms. The molecule has 50 valence electrons. The van der Waals surface area contributed by atoms with Gasteiger partial charge in [0.25, 0.3) is 0 Å². The van der Waals surface area contributed by atoms with Crippen molar-refractivity contribution in [2.24, 2.45) is 0 Å². The smallest absolute Gasteiger partial charge is 0.200 e. The van der Waals surface area contributed by atoms with Gasteiger partial charge in [0.1, 0.15) is 0 Å². The fourth-order valence-corrected chi connectivity index (χ4v) is 0.930. The van der Waals surface area contributed by atoms with Gasteiger partial charge >= 0.3 is 0 Å². The van der Waals surface area contributed by atoms with Crippen molar-refractivity contribution < 1.29 is 4.42 Å². The minimum Gasteiger partial charge on any atom is -0.440 e. The molecule has 0 amide bonds. The summed E-state index contributed by atoms with van der Waals surface area (Å²) in [5.41, 5.74) is 1.09. The minimum absolute atomic E-state index is 0.544. The summed E-state index contributed by atoms with van der Waals surface area (Å²) in [6.45, 7) is 0. The Bertz CT molecular complexity index is 357. The van der Waals surface area contributed by atoms with Gasteiger partial charge in [-0.15, -0.1) is 0 Å². The quantitative estimate of drug-likeness (QED) is 0.582. The van der Waals surface area contributed by atoms with E-state index in [1.165, 1.54) is 6.39 Å². The monoisotopic (exact) mass is 154 g/mol. The number of nitrogens with zero attached hydrogens (tertiary/aromatic N) is 2. The van der Waals surface area contributed by atoms with E-state index in [2.05, 4.69) is 9.97 Å². The number of hydrogen-bond donors (Lipinski definition) is 0. The fraction of sp³-hybridized carbons (Fsp3) is 0. The van der Waals surface area contributed by atoms with E-state index in [0.29, 0.717) is 16.3 Å². The minimum atomic E-state index is 0.544. The van der Waals surface area contributed by atoms with Crippen molar-refractivity contribution in [2.45, 2.75) is 0 Å². The molecule has 3 nitrogen and oxygen atoms in total. The Labute approximate surface area is 61.6 Å². The number of fused-ring (bicyclic) bond motifs is 1. The van der Waals surface area contributed by atoms with Crippen LogP contribution in [-0.2, 0) is 0 Å². The Hall–Kier alpha value is -1.09. The number of pyridine rings is 1. The number of halogens is 1. The molecule has 0 saturated carbocycles.